The molecule has 1 heterocycles. The average molecular weight is 402 g/mol. The van der Waals surface area contributed by atoms with Crippen LogP contribution >= 0.6 is 31.9 Å². The second-order valence-electron chi connectivity index (χ2n) is 3.97. The maximum absolute atomic E-state index is 12.2. The number of hydrogen-bond acceptors (Lipinski definition) is 2. The van der Waals surface area contributed by atoms with Crippen LogP contribution < -0.4 is 5.32 Å². The number of carbonyl (C=O) groups excluding carboxylic acids is 1. The Morgan fingerprint density at radius 2 is 1.80 bits per heavy atom. The van der Waals surface area contributed by atoms with Crippen molar-refractivity contribution in [2.24, 2.45) is 0 Å². The number of benzene rings is 1. The second-order valence-corrected chi connectivity index (χ2v) is 5.67. The molecule has 0 aliphatic rings. The first-order chi connectivity index (χ1) is 9.49. The van der Waals surface area contributed by atoms with Crippen LogP contribution in [-0.2, 0) is 11.3 Å². The Morgan fingerprint density at radius 1 is 1.15 bits per heavy atom. The number of hydrogen-bond donors (Lipinski definition) is 2. The van der Waals surface area contributed by atoms with E-state index >= 15 is 0 Å². The van der Waals surface area contributed by atoms with E-state index in [1.807, 2.05) is 6.07 Å². The summed E-state index contributed by atoms with van der Waals surface area (Å²) in [5.74, 6) is -1.37. The highest BCUT2D eigenvalue weighted by Gasteiger charge is 2.15. The summed E-state index contributed by atoms with van der Waals surface area (Å²) in [6.07, 6.45) is 1.55. The minimum atomic E-state index is -1.00. The van der Waals surface area contributed by atoms with Crippen LogP contribution in [0.5, 0.6) is 0 Å². The normalized spacial score (nSPS) is 10.3. The van der Waals surface area contributed by atoms with E-state index in [1.165, 1.54) is 4.57 Å². The highest BCUT2D eigenvalue weighted by atomic mass is 79.9. The number of carboxylic acids is 1. The van der Waals surface area contributed by atoms with Gasteiger partial charge in [-0.15, -0.1) is 0 Å². The average Bonchev–Trinajstić information content (AvgIpc) is 2.81. The van der Waals surface area contributed by atoms with E-state index in [4.69, 9.17) is 5.11 Å². The van der Waals surface area contributed by atoms with Gasteiger partial charge in [0.15, 0.2) is 0 Å². The number of carbonyl (C=O) groups is 2. The lowest BCUT2D eigenvalue weighted by molar-refractivity contribution is -0.137. The number of nitrogens with zero attached hydrogens (tertiary/aromatic N) is 1. The Kier molecular flexibility index (Phi) is 4.61. The number of anilines is 1. The van der Waals surface area contributed by atoms with E-state index in [0.29, 0.717) is 5.69 Å². The third-order valence-electron chi connectivity index (χ3n) is 2.57. The highest BCUT2D eigenvalue weighted by Crippen LogP contribution is 2.30. The molecule has 0 saturated heterocycles. The van der Waals surface area contributed by atoms with Gasteiger partial charge in [0.1, 0.15) is 12.2 Å². The van der Waals surface area contributed by atoms with Crippen molar-refractivity contribution in [2.45, 2.75) is 6.54 Å². The van der Waals surface area contributed by atoms with Crippen molar-refractivity contribution in [3.63, 3.8) is 0 Å². The van der Waals surface area contributed by atoms with E-state index in [9.17, 15) is 9.59 Å². The molecule has 1 aromatic carbocycles. The molecule has 0 radical (unpaired) electrons. The molecule has 0 aliphatic carbocycles. The van der Waals surface area contributed by atoms with Crippen LogP contribution in [0.2, 0.25) is 0 Å². The zero-order chi connectivity index (χ0) is 14.7. The standard InChI is InChI=1S/C13H10Br2N2O3/c14-8-3-1-4-9(15)12(8)16-13(20)10-5-2-6-17(10)7-11(18)19/h1-6H,7H2,(H,16,20)(H,18,19). The largest absolute Gasteiger partial charge is 0.480 e. The van der Waals surface area contributed by atoms with E-state index in [1.54, 1.807) is 30.5 Å². The van der Waals surface area contributed by atoms with Crippen LogP contribution in [0.15, 0.2) is 45.5 Å². The number of amides is 1. The van der Waals surface area contributed by atoms with Gasteiger partial charge in [0, 0.05) is 15.1 Å². The molecule has 1 amide bonds. The number of aliphatic carboxylic acids is 1. The van der Waals surface area contributed by atoms with Crippen molar-refractivity contribution in [3.05, 3.63) is 51.2 Å². The Hall–Kier alpha value is -1.60. The molecule has 0 bridgehead atoms. The minimum absolute atomic E-state index is 0.257. The molecule has 0 unspecified atom stereocenters. The fraction of sp³-hybridized carbons (Fsp3) is 0.0769. The zero-order valence-electron chi connectivity index (χ0n) is 10.1. The van der Waals surface area contributed by atoms with Gasteiger partial charge in [0.05, 0.1) is 5.69 Å². The molecule has 0 spiro atoms. The quantitative estimate of drug-likeness (QED) is 0.825. The van der Waals surface area contributed by atoms with Gasteiger partial charge in [-0.3, -0.25) is 9.59 Å². The zero-order valence-corrected chi connectivity index (χ0v) is 13.3. The summed E-state index contributed by atoms with van der Waals surface area (Å²) < 4.78 is 2.84. The Bertz CT molecular complexity index is 647. The molecule has 1 aromatic heterocycles. The molecule has 2 rings (SSSR count). The Balaban J connectivity index is 2.25. The monoisotopic (exact) mass is 400 g/mol. The molecular formula is C13H10Br2N2O3. The summed E-state index contributed by atoms with van der Waals surface area (Å²) in [5.41, 5.74) is 0.885. The summed E-state index contributed by atoms with van der Waals surface area (Å²) in [6, 6.07) is 8.64. The van der Waals surface area contributed by atoms with Gasteiger partial charge in [0.25, 0.3) is 5.91 Å². The third kappa shape index (κ3) is 3.29. The molecule has 5 nitrogen and oxygen atoms in total. The van der Waals surface area contributed by atoms with Crippen LogP contribution in [0.3, 0.4) is 0 Å². The summed E-state index contributed by atoms with van der Waals surface area (Å²) in [4.78, 5) is 23.0. The van der Waals surface area contributed by atoms with E-state index < -0.39 is 5.97 Å². The third-order valence-corrected chi connectivity index (χ3v) is 3.89. The maximum atomic E-state index is 12.2. The van der Waals surface area contributed by atoms with Crippen molar-refractivity contribution in [1.29, 1.82) is 0 Å². The fourth-order valence-corrected chi connectivity index (χ4v) is 2.90. The van der Waals surface area contributed by atoms with Crippen LogP contribution in [0.25, 0.3) is 0 Å². The van der Waals surface area contributed by atoms with Crippen molar-refractivity contribution in [1.82, 2.24) is 4.57 Å². The summed E-state index contributed by atoms with van der Waals surface area (Å²) in [6.45, 7) is -0.257. The van der Waals surface area contributed by atoms with Gasteiger partial charge in [-0.1, -0.05) is 6.07 Å². The van der Waals surface area contributed by atoms with Gasteiger partial charge < -0.3 is 15.0 Å². The topological polar surface area (TPSA) is 71.3 Å². The summed E-state index contributed by atoms with van der Waals surface area (Å²) >= 11 is 6.70. The molecule has 0 atom stereocenters. The SMILES string of the molecule is O=C(O)Cn1cccc1C(=O)Nc1c(Br)cccc1Br. The smallest absolute Gasteiger partial charge is 0.323 e. The lowest BCUT2D eigenvalue weighted by atomic mass is 10.3. The van der Waals surface area contributed by atoms with E-state index in [-0.39, 0.29) is 18.1 Å². The van der Waals surface area contributed by atoms with Gasteiger partial charge in [-0.2, -0.15) is 0 Å². The first-order valence-electron chi connectivity index (χ1n) is 5.61. The minimum Gasteiger partial charge on any atom is -0.480 e. The second kappa shape index (κ2) is 6.23. The highest BCUT2D eigenvalue weighted by molar-refractivity contribution is 9.11. The van der Waals surface area contributed by atoms with Crippen molar-refractivity contribution in [3.8, 4) is 0 Å². The first kappa shape index (κ1) is 14.8. The molecule has 104 valence electrons. The van der Waals surface area contributed by atoms with Gasteiger partial charge >= 0.3 is 5.97 Å². The lowest BCUT2D eigenvalue weighted by Gasteiger charge is -2.11. The Morgan fingerprint density at radius 3 is 2.40 bits per heavy atom. The molecule has 2 aromatic rings. The van der Waals surface area contributed by atoms with Crippen molar-refractivity contribution >= 4 is 49.4 Å². The number of para-hydroxylation sites is 1. The van der Waals surface area contributed by atoms with Crippen molar-refractivity contribution in [2.75, 3.05) is 5.32 Å². The van der Waals surface area contributed by atoms with Gasteiger partial charge in [0.2, 0.25) is 0 Å². The summed E-state index contributed by atoms with van der Waals surface area (Å²) in [7, 11) is 0. The molecule has 7 heteroatoms. The van der Waals surface area contributed by atoms with Crippen LogP contribution in [0.1, 0.15) is 10.5 Å². The van der Waals surface area contributed by atoms with E-state index in [0.717, 1.165) is 8.95 Å². The molecule has 20 heavy (non-hydrogen) atoms. The molecule has 0 saturated carbocycles. The number of halogens is 2. The van der Waals surface area contributed by atoms with Crippen LogP contribution in [-0.4, -0.2) is 21.6 Å². The van der Waals surface area contributed by atoms with E-state index in [2.05, 4.69) is 37.2 Å². The molecule has 0 aliphatic heterocycles. The predicted octanol–water partition coefficient (Wildman–Crippen LogP) is 3.35. The van der Waals surface area contributed by atoms with Crippen LogP contribution in [0.4, 0.5) is 5.69 Å². The molecule has 2 N–H and O–H groups in total. The number of nitrogens with one attached hydrogen (secondary N) is 1. The maximum Gasteiger partial charge on any atom is 0.323 e. The number of rotatable bonds is 4. The lowest BCUT2D eigenvalue weighted by Crippen LogP contribution is -2.19. The predicted molar refractivity (Wildman–Crippen MR) is 81.9 cm³/mol. The van der Waals surface area contributed by atoms with Crippen molar-refractivity contribution < 1.29 is 14.7 Å². The fourth-order valence-electron chi connectivity index (χ4n) is 1.70. The summed E-state index contributed by atoms with van der Waals surface area (Å²) in [5, 5.41) is 11.6. The first-order valence-corrected chi connectivity index (χ1v) is 7.20. The number of carboxylic acid groups (broad SMARTS) is 1. The number of aromatic nitrogens is 1. The Labute approximate surface area is 131 Å². The van der Waals surface area contributed by atoms with Crippen LogP contribution in [0, 0.1) is 0 Å². The van der Waals surface area contributed by atoms with Gasteiger partial charge in [-0.25, -0.2) is 0 Å². The van der Waals surface area contributed by atoms with Gasteiger partial charge in [-0.05, 0) is 56.1 Å². The molecule has 0 fully saturated rings. The molecular weight excluding hydrogens is 392 g/mol.